The van der Waals surface area contributed by atoms with Gasteiger partial charge in [0.25, 0.3) is 0 Å². The monoisotopic (exact) mass is 343 g/mol. The molecule has 0 saturated carbocycles. The number of rotatable bonds is 3. The van der Waals surface area contributed by atoms with E-state index in [1.165, 1.54) is 6.92 Å². The lowest BCUT2D eigenvalue weighted by molar-refractivity contribution is -0.137. The van der Waals surface area contributed by atoms with Crippen LogP contribution in [0.15, 0.2) is 24.3 Å². The number of hydrogen-bond acceptors (Lipinski definition) is 3. The largest absolute Gasteiger partial charge is 0.342 e. The molecule has 6 nitrogen and oxygen atoms in total. The van der Waals surface area contributed by atoms with Crippen molar-refractivity contribution in [3.05, 3.63) is 24.3 Å². The molecule has 0 aliphatic carbocycles. The van der Waals surface area contributed by atoms with Crippen LogP contribution in [0.3, 0.4) is 0 Å². The van der Waals surface area contributed by atoms with Crippen molar-refractivity contribution in [1.82, 2.24) is 4.90 Å². The highest BCUT2D eigenvalue weighted by Gasteiger charge is 2.37. The molecule has 0 bridgehead atoms. The number of carbonyl (C=O) groups excluding carboxylic acids is 3. The van der Waals surface area contributed by atoms with Crippen LogP contribution >= 0.6 is 0 Å². The van der Waals surface area contributed by atoms with Crippen LogP contribution in [0.25, 0.3) is 0 Å². The van der Waals surface area contributed by atoms with Gasteiger partial charge in [0, 0.05) is 44.4 Å². The fourth-order valence-electron chi connectivity index (χ4n) is 3.56. The fourth-order valence-corrected chi connectivity index (χ4v) is 3.56. The van der Waals surface area contributed by atoms with Gasteiger partial charge in [-0.1, -0.05) is 13.0 Å². The predicted molar refractivity (Wildman–Crippen MR) is 96.2 cm³/mol. The number of likely N-dealkylation sites (tertiary alicyclic amines) is 1. The van der Waals surface area contributed by atoms with E-state index in [9.17, 15) is 14.4 Å². The highest BCUT2D eigenvalue weighted by atomic mass is 16.2. The molecule has 134 valence electrons. The van der Waals surface area contributed by atoms with E-state index < -0.39 is 0 Å². The summed E-state index contributed by atoms with van der Waals surface area (Å²) < 4.78 is 0. The van der Waals surface area contributed by atoms with Crippen LogP contribution in [0.1, 0.15) is 33.1 Å². The molecule has 2 aliphatic heterocycles. The van der Waals surface area contributed by atoms with Gasteiger partial charge in [-0.05, 0) is 37.0 Å². The maximum absolute atomic E-state index is 12.7. The molecule has 1 N–H and O–H groups in total. The first kappa shape index (κ1) is 17.5. The van der Waals surface area contributed by atoms with Crippen LogP contribution in [0.4, 0.5) is 11.4 Å². The minimum atomic E-state index is -0.273. The van der Waals surface area contributed by atoms with Gasteiger partial charge in [0.15, 0.2) is 0 Å². The number of piperidine rings is 1. The smallest absolute Gasteiger partial charge is 0.228 e. The first-order valence-electron chi connectivity index (χ1n) is 8.91. The zero-order valence-electron chi connectivity index (χ0n) is 14.8. The van der Waals surface area contributed by atoms with Crippen molar-refractivity contribution in [3.8, 4) is 0 Å². The number of hydrogen-bond donors (Lipinski definition) is 1. The number of nitrogens with zero attached hydrogens (tertiary/aromatic N) is 2. The third-order valence-corrected chi connectivity index (χ3v) is 5.05. The molecule has 3 amide bonds. The van der Waals surface area contributed by atoms with E-state index in [1.54, 1.807) is 23.1 Å². The third-order valence-electron chi connectivity index (χ3n) is 5.05. The van der Waals surface area contributed by atoms with Crippen molar-refractivity contribution in [2.24, 2.45) is 11.8 Å². The van der Waals surface area contributed by atoms with E-state index in [1.807, 2.05) is 11.0 Å². The summed E-state index contributed by atoms with van der Waals surface area (Å²) in [5.74, 6) is 0.300. The van der Waals surface area contributed by atoms with E-state index in [2.05, 4.69) is 12.2 Å². The van der Waals surface area contributed by atoms with E-state index in [4.69, 9.17) is 0 Å². The van der Waals surface area contributed by atoms with Crippen molar-refractivity contribution in [2.45, 2.75) is 33.1 Å². The van der Waals surface area contributed by atoms with E-state index in [0.717, 1.165) is 31.6 Å². The van der Waals surface area contributed by atoms with Crippen LogP contribution in [0, 0.1) is 11.8 Å². The SMILES string of the molecule is CC(=O)Nc1cccc(N2CC(C(=O)N3CCC(C)CC3)CC2=O)c1. The van der Waals surface area contributed by atoms with Gasteiger partial charge in [-0.2, -0.15) is 0 Å². The van der Waals surface area contributed by atoms with E-state index in [0.29, 0.717) is 18.2 Å². The summed E-state index contributed by atoms with van der Waals surface area (Å²) in [5, 5.41) is 2.72. The zero-order chi connectivity index (χ0) is 18.0. The summed E-state index contributed by atoms with van der Waals surface area (Å²) in [6, 6.07) is 7.19. The summed E-state index contributed by atoms with van der Waals surface area (Å²) in [6.07, 6.45) is 2.33. The summed E-state index contributed by atoms with van der Waals surface area (Å²) in [6.45, 7) is 5.66. The Morgan fingerprint density at radius 2 is 1.92 bits per heavy atom. The van der Waals surface area contributed by atoms with Crippen molar-refractivity contribution in [2.75, 3.05) is 29.9 Å². The van der Waals surface area contributed by atoms with Crippen LogP contribution in [-0.4, -0.2) is 42.3 Å². The molecular formula is C19H25N3O3. The minimum absolute atomic E-state index is 0.0382. The van der Waals surface area contributed by atoms with E-state index >= 15 is 0 Å². The molecule has 6 heteroatoms. The number of benzene rings is 1. The van der Waals surface area contributed by atoms with Gasteiger partial charge in [0.1, 0.15) is 0 Å². The van der Waals surface area contributed by atoms with Crippen molar-refractivity contribution in [1.29, 1.82) is 0 Å². The maximum atomic E-state index is 12.7. The van der Waals surface area contributed by atoms with Crippen molar-refractivity contribution in [3.63, 3.8) is 0 Å². The van der Waals surface area contributed by atoms with Crippen molar-refractivity contribution < 1.29 is 14.4 Å². The molecule has 2 fully saturated rings. The Hall–Kier alpha value is -2.37. The quantitative estimate of drug-likeness (QED) is 0.915. The number of nitrogens with one attached hydrogen (secondary N) is 1. The second-order valence-electron chi connectivity index (χ2n) is 7.14. The Kier molecular flexibility index (Phi) is 5.06. The number of carbonyl (C=O) groups is 3. The first-order chi connectivity index (χ1) is 11.9. The van der Waals surface area contributed by atoms with Gasteiger partial charge >= 0.3 is 0 Å². The molecular weight excluding hydrogens is 318 g/mol. The normalized spacial score (nSPS) is 21.5. The first-order valence-corrected chi connectivity index (χ1v) is 8.91. The lowest BCUT2D eigenvalue weighted by Crippen LogP contribution is -2.42. The van der Waals surface area contributed by atoms with E-state index in [-0.39, 0.29) is 30.1 Å². The Bertz CT molecular complexity index is 680. The minimum Gasteiger partial charge on any atom is -0.342 e. The molecule has 3 rings (SSSR count). The standard InChI is InChI=1S/C19H25N3O3/c1-13-6-8-21(9-7-13)19(25)15-10-18(24)22(12-15)17-5-3-4-16(11-17)20-14(2)23/h3-5,11,13,15H,6-10,12H2,1-2H3,(H,20,23). The Balaban J connectivity index is 1.68. The Morgan fingerprint density at radius 3 is 2.60 bits per heavy atom. The summed E-state index contributed by atoms with van der Waals surface area (Å²) in [5.41, 5.74) is 1.37. The van der Waals surface area contributed by atoms with Gasteiger partial charge in [-0.15, -0.1) is 0 Å². The van der Waals surface area contributed by atoms with Crippen LogP contribution in [-0.2, 0) is 14.4 Å². The summed E-state index contributed by atoms with van der Waals surface area (Å²) in [4.78, 5) is 39.9. The molecule has 2 aliphatic rings. The average molecular weight is 343 g/mol. The van der Waals surface area contributed by atoms with Crippen LogP contribution < -0.4 is 10.2 Å². The number of amides is 3. The highest BCUT2D eigenvalue weighted by Crippen LogP contribution is 2.29. The second kappa shape index (κ2) is 7.25. The molecule has 25 heavy (non-hydrogen) atoms. The lowest BCUT2D eigenvalue weighted by atomic mass is 9.97. The molecule has 1 aromatic carbocycles. The highest BCUT2D eigenvalue weighted by molar-refractivity contribution is 6.01. The Morgan fingerprint density at radius 1 is 1.20 bits per heavy atom. The van der Waals surface area contributed by atoms with Gasteiger partial charge in [0.2, 0.25) is 17.7 Å². The molecule has 0 aromatic heterocycles. The summed E-state index contributed by atoms with van der Waals surface area (Å²) >= 11 is 0. The lowest BCUT2D eigenvalue weighted by Gasteiger charge is -2.32. The molecule has 0 radical (unpaired) electrons. The zero-order valence-corrected chi connectivity index (χ0v) is 14.8. The Labute approximate surface area is 148 Å². The molecule has 1 aromatic rings. The topological polar surface area (TPSA) is 69.7 Å². The molecule has 1 unspecified atom stereocenters. The molecule has 2 heterocycles. The second-order valence-corrected chi connectivity index (χ2v) is 7.14. The average Bonchev–Trinajstić information content (AvgIpc) is 2.96. The predicted octanol–water partition coefficient (Wildman–Crippen LogP) is 2.26. The fraction of sp³-hybridized carbons (Fsp3) is 0.526. The van der Waals surface area contributed by atoms with Gasteiger partial charge < -0.3 is 15.1 Å². The van der Waals surface area contributed by atoms with Gasteiger partial charge in [-0.25, -0.2) is 0 Å². The van der Waals surface area contributed by atoms with Crippen LogP contribution in [0.2, 0.25) is 0 Å². The third kappa shape index (κ3) is 4.00. The van der Waals surface area contributed by atoms with Crippen LogP contribution in [0.5, 0.6) is 0 Å². The molecule has 2 saturated heterocycles. The summed E-state index contributed by atoms with van der Waals surface area (Å²) in [7, 11) is 0. The molecule has 0 spiro atoms. The van der Waals surface area contributed by atoms with Crippen molar-refractivity contribution >= 4 is 29.1 Å². The van der Waals surface area contributed by atoms with Gasteiger partial charge in [-0.3, -0.25) is 14.4 Å². The number of anilines is 2. The molecule has 1 atom stereocenters. The van der Waals surface area contributed by atoms with Gasteiger partial charge in [0.05, 0.1) is 5.92 Å². The maximum Gasteiger partial charge on any atom is 0.228 e.